The van der Waals surface area contributed by atoms with Crippen LogP contribution in [-0.2, 0) is 17.6 Å². The minimum absolute atomic E-state index is 0.577. The summed E-state index contributed by atoms with van der Waals surface area (Å²) in [6.45, 7) is 5.32. The smallest absolute Gasteiger partial charge is 0.0468 e. The summed E-state index contributed by atoms with van der Waals surface area (Å²) >= 11 is 2.08. The van der Waals surface area contributed by atoms with Crippen molar-refractivity contribution in [3.63, 3.8) is 0 Å². The van der Waals surface area contributed by atoms with E-state index >= 15 is 0 Å². The molecule has 2 aliphatic rings. The van der Waals surface area contributed by atoms with Crippen LogP contribution in [0.1, 0.15) is 60.4 Å². The van der Waals surface area contributed by atoms with Crippen molar-refractivity contribution in [1.82, 2.24) is 5.32 Å². The molecule has 0 spiro atoms. The van der Waals surface area contributed by atoms with Gasteiger partial charge in [-0.1, -0.05) is 6.92 Å². The van der Waals surface area contributed by atoms with Gasteiger partial charge in [0.2, 0.25) is 0 Å². The summed E-state index contributed by atoms with van der Waals surface area (Å²) in [6, 6.07) is 3.08. The Kier molecular flexibility index (Phi) is 5.14. The largest absolute Gasteiger partial charge is 0.381 e. The van der Waals surface area contributed by atoms with Gasteiger partial charge in [-0.25, -0.2) is 0 Å². The molecule has 1 aromatic heterocycles. The van der Waals surface area contributed by atoms with Crippen LogP contribution in [-0.4, -0.2) is 19.8 Å². The van der Waals surface area contributed by atoms with Crippen LogP contribution in [0.5, 0.6) is 0 Å². The summed E-state index contributed by atoms with van der Waals surface area (Å²) in [5.74, 6) is 0.843. The Hall–Kier alpha value is -0.380. The maximum atomic E-state index is 5.50. The van der Waals surface area contributed by atoms with Gasteiger partial charge in [0.05, 0.1) is 0 Å². The van der Waals surface area contributed by atoms with E-state index in [1.165, 1.54) is 44.9 Å². The summed E-state index contributed by atoms with van der Waals surface area (Å²) in [7, 11) is 0. The highest BCUT2D eigenvalue weighted by molar-refractivity contribution is 7.12. The third-order valence-electron chi connectivity index (χ3n) is 4.66. The van der Waals surface area contributed by atoms with Crippen molar-refractivity contribution in [2.24, 2.45) is 5.92 Å². The predicted octanol–water partition coefficient (Wildman–Crippen LogP) is 4.09. The molecule has 20 heavy (non-hydrogen) atoms. The molecule has 3 rings (SSSR count). The van der Waals surface area contributed by atoms with Crippen LogP contribution in [0.2, 0.25) is 0 Å². The molecule has 1 aromatic rings. The molecule has 1 aliphatic heterocycles. The molecular formula is C17H27NOS. The van der Waals surface area contributed by atoms with Crippen molar-refractivity contribution < 1.29 is 4.74 Å². The van der Waals surface area contributed by atoms with Gasteiger partial charge in [-0.3, -0.25) is 0 Å². The number of hydrogen-bond donors (Lipinski definition) is 1. The van der Waals surface area contributed by atoms with Crippen LogP contribution >= 0.6 is 11.3 Å². The number of ether oxygens (including phenoxy) is 1. The van der Waals surface area contributed by atoms with Crippen molar-refractivity contribution >= 4 is 11.3 Å². The molecule has 1 aliphatic carbocycles. The van der Waals surface area contributed by atoms with Crippen LogP contribution < -0.4 is 5.32 Å². The van der Waals surface area contributed by atoms with E-state index in [9.17, 15) is 0 Å². The standard InChI is InChI=1S/C17H27NOS/c1-2-8-18-15(11-13-6-9-19-10-7-13)17-12-14-4-3-5-16(14)20-17/h12-13,15,18H,2-11H2,1H3. The van der Waals surface area contributed by atoms with E-state index in [4.69, 9.17) is 4.74 Å². The monoisotopic (exact) mass is 293 g/mol. The first kappa shape index (κ1) is 14.6. The lowest BCUT2D eigenvalue weighted by Crippen LogP contribution is -2.26. The maximum Gasteiger partial charge on any atom is 0.0468 e. The first-order chi connectivity index (χ1) is 9.86. The Bertz CT molecular complexity index is 401. The van der Waals surface area contributed by atoms with Crippen molar-refractivity contribution in [2.45, 2.75) is 57.9 Å². The molecule has 0 radical (unpaired) electrons. The number of nitrogens with one attached hydrogen (secondary N) is 1. The number of thiophene rings is 1. The van der Waals surface area contributed by atoms with E-state index in [0.717, 1.165) is 25.7 Å². The Morgan fingerprint density at radius 3 is 2.95 bits per heavy atom. The van der Waals surface area contributed by atoms with Gasteiger partial charge in [0.1, 0.15) is 0 Å². The van der Waals surface area contributed by atoms with Crippen LogP contribution in [0.4, 0.5) is 0 Å². The number of rotatable bonds is 6. The lowest BCUT2D eigenvalue weighted by Gasteiger charge is -2.27. The minimum atomic E-state index is 0.577. The molecule has 3 heteroatoms. The zero-order valence-electron chi connectivity index (χ0n) is 12.6. The highest BCUT2D eigenvalue weighted by atomic mass is 32.1. The lowest BCUT2D eigenvalue weighted by atomic mass is 9.91. The molecule has 1 unspecified atom stereocenters. The van der Waals surface area contributed by atoms with Crippen LogP contribution in [0.15, 0.2) is 6.07 Å². The van der Waals surface area contributed by atoms with Gasteiger partial charge in [0.25, 0.3) is 0 Å². The molecule has 1 N–H and O–H groups in total. The topological polar surface area (TPSA) is 21.3 Å². The SMILES string of the molecule is CCCNC(CC1CCOCC1)c1cc2c(s1)CCC2. The fourth-order valence-corrected chi connectivity index (χ4v) is 4.80. The third kappa shape index (κ3) is 3.44. The van der Waals surface area contributed by atoms with Gasteiger partial charge in [-0.15, -0.1) is 11.3 Å². The molecule has 2 nitrogen and oxygen atoms in total. The highest BCUT2D eigenvalue weighted by Gasteiger charge is 2.23. The van der Waals surface area contributed by atoms with Gasteiger partial charge >= 0.3 is 0 Å². The average molecular weight is 293 g/mol. The Morgan fingerprint density at radius 2 is 2.20 bits per heavy atom. The number of aryl methyl sites for hydroxylation is 2. The van der Waals surface area contributed by atoms with Gasteiger partial charge in [-0.2, -0.15) is 0 Å². The summed E-state index contributed by atoms with van der Waals surface area (Å²) in [5.41, 5.74) is 1.64. The third-order valence-corrected chi connectivity index (χ3v) is 6.01. The molecule has 1 saturated heterocycles. The lowest BCUT2D eigenvalue weighted by molar-refractivity contribution is 0.0606. The Balaban J connectivity index is 1.67. The Labute approximate surface area is 126 Å². The van der Waals surface area contributed by atoms with Crippen molar-refractivity contribution in [2.75, 3.05) is 19.8 Å². The van der Waals surface area contributed by atoms with Gasteiger partial charge in [-0.05, 0) is 69.0 Å². The molecule has 0 bridgehead atoms. The first-order valence-corrected chi connectivity index (χ1v) is 9.11. The molecule has 0 amide bonds. The molecule has 0 aromatic carbocycles. The van der Waals surface area contributed by atoms with Crippen LogP contribution in [0.25, 0.3) is 0 Å². The minimum Gasteiger partial charge on any atom is -0.381 e. The van der Waals surface area contributed by atoms with E-state index in [0.29, 0.717) is 6.04 Å². The highest BCUT2D eigenvalue weighted by Crippen LogP contribution is 2.37. The second-order valence-electron chi connectivity index (χ2n) is 6.25. The summed E-state index contributed by atoms with van der Waals surface area (Å²) in [5, 5.41) is 3.79. The second kappa shape index (κ2) is 7.06. The van der Waals surface area contributed by atoms with Crippen LogP contribution in [0.3, 0.4) is 0 Å². The van der Waals surface area contributed by atoms with Crippen molar-refractivity contribution in [3.8, 4) is 0 Å². The Morgan fingerprint density at radius 1 is 1.35 bits per heavy atom. The summed E-state index contributed by atoms with van der Waals surface area (Å²) in [4.78, 5) is 3.25. The molecule has 0 saturated carbocycles. The van der Waals surface area contributed by atoms with Gasteiger partial charge < -0.3 is 10.1 Å². The predicted molar refractivity (Wildman–Crippen MR) is 85.5 cm³/mol. The normalized spacial score (nSPS) is 21.1. The molecule has 1 atom stereocenters. The first-order valence-electron chi connectivity index (χ1n) is 8.29. The van der Waals surface area contributed by atoms with E-state index < -0.39 is 0 Å². The van der Waals surface area contributed by atoms with Crippen LogP contribution in [0, 0.1) is 5.92 Å². The molecule has 112 valence electrons. The molecular weight excluding hydrogens is 266 g/mol. The van der Waals surface area contributed by atoms with Gasteiger partial charge in [0.15, 0.2) is 0 Å². The average Bonchev–Trinajstić information content (AvgIpc) is 3.05. The van der Waals surface area contributed by atoms with Gasteiger partial charge in [0, 0.05) is 29.0 Å². The fraction of sp³-hybridized carbons (Fsp3) is 0.765. The second-order valence-corrected chi connectivity index (χ2v) is 7.42. The van der Waals surface area contributed by atoms with E-state index in [1.54, 1.807) is 15.3 Å². The number of fused-ring (bicyclic) bond motifs is 1. The summed E-state index contributed by atoms with van der Waals surface area (Å²) in [6.07, 6.45) is 9.00. The quantitative estimate of drug-likeness (QED) is 0.853. The summed E-state index contributed by atoms with van der Waals surface area (Å²) < 4.78 is 5.50. The van der Waals surface area contributed by atoms with E-state index in [2.05, 4.69) is 29.6 Å². The van der Waals surface area contributed by atoms with E-state index in [1.807, 2.05) is 0 Å². The number of hydrogen-bond acceptors (Lipinski definition) is 3. The fourth-order valence-electron chi connectivity index (χ4n) is 3.46. The maximum absolute atomic E-state index is 5.50. The molecule has 1 fully saturated rings. The zero-order chi connectivity index (χ0) is 13.8. The van der Waals surface area contributed by atoms with Crippen molar-refractivity contribution in [3.05, 3.63) is 21.4 Å². The zero-order valence-corrected chi connectivity index (χ0v) is 13.4. The molecule has 2 heterocycles. The van der Waals surface area contributed by atoms with E-state index in [-0.39, 0.29) is 0 Å². The van der Waals surface area contributed by atoms with Crippen molar-refractivity contribution in [1.29, 1.82) is 0 Å².